The Labute approximate surface area is 122 Å². The van der Waals surface area contributed by atoms with Gasteiger partial charge in [-0.25, -0.2) is 13.8 Å². The molecule has 1 heterocycles. The number of benzene rings is 1. The summed E-state index contributed by atoms with van der Waals surface area (Å²) in [5.74, 6) is -0.521. The van der Waals surface area contributed by atoms with Crippen molar-refractivity contribution in [2.75, 3.05) is 17.2 Å². The third kappa shape index (κ3) is 3.49. The monoisotopic (exact) mass is 376 g/mol. The highest BCUT2D eigenvalue weighted by Crippen LogP contribution is 2.24. The maximum Gasteiger partial charge on any atom is 0.224 e. The van der Waals surface area contributed by atoms with Crippen LogP contribution in [0, 0.1) is 15.2 Å². The smallest absolute Gasteiger partial charge is 0.224 e. The summed E-state index contributed by atoms with van der Waals surface area (Å²) in [6, 6.07) is 4.19. The normalized spacial score (nSPS) is 10.3. The summed E-state index contributed by atoms with van der Waals surface area (Å²) >= 11 is 1.97. The second-order valence-electron chi connectivity index (χ2n) is 3.67. The molecule has 2 N–H and O–H groups in total. The Morgan fingerprint density at radius 3 is 2.79 bits per heavy atom. The van der Waals surface area contributed by atoms with Crippen LogP contribution in [0.3, 0.4) is 0 Å². The summed E-state index contributed by atoms with van der Waals surface area (Å²) in [5.41, 5.74) is 0.585. The zero-order valence-electron chi connectivity index (χ0n) is 10.0. The lowest BCUT2D eigenvalue weighted by Gasteiger charge is -2.10. The van der Waals surface area contributed by atoms with Crippen LogP contribution in [0.2, 0.25) is 0 Å². The summed E-state index contributed by atoms with van der Waals surface area (Å²) in [5, 5.41) is 5.72. The molecule has 19 heavy (non-hydrogen) atoms. The Morgan fingerprint density at radius 1 is 1.32 bits per heavy atom. The van der Waals surface area contributed by atoms with Crippen LogP contribution in [0.4, 0.5) is 26.2 Å². The number of hydrogen-bond acceptors (Lipinski definition) is 4. The van der Waals surface area contributed by atoms with Gasteiger partial charge in [-0.3, -0.25) is 0 Å². The van der Waals surface area contributed by atoms with Crippen molar-refractivity contribution < 1.29 is 8.78 Å². The highest BCUT2D eigenvalue weighted by Gasteiger charge is 2.09. The minimum Gasteiger partial charge on any atom is -0.354 e. The zero-order chi connectivity index (χ0) is 13.8. The zero-order valence-corrected chi connectivity index (χ0v) is 12.2. The average Bonchev–Trinajstić information content (AvgIpc) is 2.37. The summed E-state index contributed by atoms with van der Waals surface area (Å²) in [4.78, 5) is 7.82. The van der Waals surface area contributed by atoms with Crippen molar-refractivity contribution >= 4 is 40.0 Å². The van der Waals surface area contributed by atoms with Crippen LogP contribution in [0.1, 0.15) is 6.92 Å². The highest BCUT2D eigenvalue weighted by atomic mass is 127. The van der Waals surface area contributed by atoms with E-state index in [-0.39, 0.29) is 11.6 Å². The van der Waals surface area contributed by atoms with Crippen molar-refractivity contribution in [3.05, 3.63) is 39.6 Å². The molecule has 0 fully saturated rings. The first-order valence-corrected chi connectivity index (χ1v) is 6.66. The molecule has 4 nitrogen and oxygen atoms in total. The fraction of sp³-hybridized carbons (Fsp3) is 0.167. The molecule has 1 aromatic heterocycles. The third-order valence-corrected chi connectivity index (χ3v) is 3.16. The number of rotatable bonds is 4. The molecule has 0 atom stereocenters. The van der Waals surface area contributed by atoms with Crippen LogP contribution >= 0.6 is 22.6 Å². The lowest BCUT2D eigenvalue weighted by molar-refractivity contribution is 0.619. The van der Waals surface area contributed by atoms with Crippen molar-refractivity contribution in [1.29, 1.82) is 0 Å². The van der Waals surface area contributed by atoms with Gasteiger partial charge in [0.25, 0.3) is 0 Å². The topological polar surface area (TPSA) is 49.8 Å². The molecule has 0 saturated carbocycles. The number of nitrogens with zero attached hydrogens (tertiary/aromatic N) is 2. The van der Waals surface area contributed by atoms with E-state index in [1.54, 1.807) is 0 Å². The number of hydrogen-bond donors (Lipinski definition) is 2. The van der Waals surface area contributed by atoms with Crippen LogP contribution < -0.4 is 10.6 Å². The van der Waals surface area contributed by atoms with Gasteiger partial charge in [0.1, 0.15) is 5.82 Å². The Morgan fingerprint density at radius 2 is 2.11 bits per heavy atom. The molecule has 0 amide bonds. The molecule has 0 unspecified atom stereocenters. The van der Waals surface area contributed by atoms with Gasteiger partial charge in [0.05, 0.1) is 11.9 Å². The fourth-order valence-corrected chi connectivity index (χ4v) is 2.03. The minimum absolute atomic E-state index is 0.0514. The molecule has 0 saturated heterocycles. The quantitative estimate of drug-likeness (QED) is 0.802. The van der Waals surface area contributed by atoms with E-state index in [1.807, 2.05) is 29.5 Å². The van der Waals surface area contributed by atoms with Gasteiger partial charge in [-0.05, 0) is 47.7 Å². The molecular formula is C12H11F2IN4. The molecule has 0 aliphatic heterocycles. The first-order chi connectivity index (χ1) is 9.10. The van der Waals surface area contributed by atoms with Crippen molar-refractivity contribution in [2.24, 2.45) is 0 Å². The van der Waals surface area contributed by atoms with Gasteiger partial charge >= 0.3 is 0 Å². The lowest BCUT2D eigenvalue weighted by Crippen LogP contribution is -2.06. The van der Waals surface area contributed by atoms with E-state index in [9.17, 15) is 8.78 Å². The number of nitrogens with one attached hydrogen (secondary N) is 2. The van der Waals surface area contributed by atoms with Crippen LogP contribution in [0.5, 0.6) is 0 Å². The van der Waals surface area contributed by atoms with E-state index in [1.165, 1.54) is 18.2 Å². The van der Waals surface area contributed by atoms with E-state index in [2.05, 4.69) is 20.6 Å². The molecule has 1 aromatic carbocycles. The maximum absolute atomic E-state index is 13.6. The van der Waals surface area contributed by atoms with E-state index < -0.39 is 5.82 Å². The molecule has 2 rings (SSSR count). The van der Waals surface area contributed by atoms with Crippen LogP contribution in [0.25, 0.3) is 0 Å². The molecular weight excluding hydrogens is 365 g/mol. The first-order valence-electron chi connectivity index (χ1n) is 5.58. The third-order valence-electron chi connectivity index (χ3n) is 2.26. The number of aromatic nitrogens is 2. The van der Waals surface area contributed by atoms with Gasteiger partial charge in [-0.1, -0.05) is 0 Å². The van der Waals surface area contributed by atoms with Crippen molar-refractivity contribution in [3.8, 4) is 0 Å². The van der Waals surface area contributed by atoms with Gasteiger partial charge in [-0.2, -0.15) is 4.98 Å². The molecule has 100 valence electrons. The summed E-state index contributed by atoms with van der Waals surface area (Å²) in [6.45, 7) is 2.53. The van der Waals surface area contributed by atoms with Crippen molar-refractivity contribution in [3.63, 3.8) is 0 Å². The SMILES string of the molecule is CCNc1ncc(F)c(Nc2ccc(F)cc2I)n1. The molecule has 0 aliphatic carbocycles. The second-order valence-corrected chi connectivity index (χ2v) is 4.83. The Balaban J connectivity index is 2.29. The Bertz CT molecular complexity index is 592. The predicted octanol–water partition coefficient (Wildman–Crippen LogP) is 3.53. The van der Waals surface area contributed by atoms with Crippen molar-refractivity contribution in [1.82, 2.24) is 9.97 Å². The van der Waals surface area contributed by atoms with E-state index >= 15 is 0 Å². The van der Waals surface area contributed by atoms with Crippen LogP contribution in [0.15, 0.2) is 24.4 Å². The molecule has 2 aromatic rings. The van der Waals surface area contributed by atoms with Gasteiger partial charge in [0.15, 0.2) is 11.6 Å². The molecule has 0 radical (unpaired) electrons. The first kappa shape index (κ1) is 13.9. The van der Waals surface area contributed by atoms with E-state index in [4.69, 9.17) is 0 Å². The van der Waals surface area contributed by atoms with Gasteiger partial charge in [0, 0.05) is 10.1 Å². The van der Waals surface area contributed by atoms with Gasteiger partial charge in [0.2, 0.25) is 5.95 Å². The number of halogens is 3. The lowest BCUT2D eigenvalue weighted by atomic mass is 10.3. The van der Waals surface area contributed by atoms with E-state index in [0.29, 0.717) is 21.8 Å². The average molecular weight is 376 g/mol. The van der Waals surface area contributed by atoms with Crippen LogP contribution in [-0.2, 0) is 0 Å². The molecule has 7 heteroatoms. The number of anilines is 3. The second kappa shape index (κ2) is 6.09. The summed E-state index contributed by atoms with van der Waals surface area (Å²) in [6.07, 6.45) is 1.09. The van der Waals surface area contributed by atoms with Gasteiger partial charge in [-0.15, -0.1) is 0 Å². The van der Waals surface area contributed by atoms with Crippen molar-refractivity contribution in [2.45, 2.75) is 6.92 Å². The fourth-order valence-electron chi connectivity index (χ4n) is 1.42. The summed E-state index contributed by atoms with van der Waals surface area (Å²) < 4.78 is 27.2. The highest BCUT2D eigenvalue weighted by molar-refractivity contribution is 14.1. The Kier molecular flexibility index (Phi) is 4.46. The van der Waals surface area contributed by atoms with E-state index in [0.717, 1.165) is 6.20 Å². The van der Waals surface area contributed by atoms with Crippen LogP contribution in [-0.4, -0.2) is 16.5 Å². The van der Waals surface area contributed by atoms with Gasteiger partial charge < -0.3 is 10.6 Å². The molecule has 0 bridgehead atoms. The minimum atomic E-state index is -0.568. The Hall–Kier alpha value is -1.51. The maximum atomic E-state index is 13.6. The summed E-state index contributed by atoms with van der Waals surface area (Å²) in [7, 11) is 0. The largest absolute Gasteiger partial charge is 0.354 e. The predicted molar refractivity (Wildman–Crippen MR) is 78.6 cm³/mol. The molecule has 0 aliphatic rings. The standard InChI is InChI=1S/C12H11F2IN4/c1-2-16-12-17-6-8(14)11(19-12)18-10-4-3-7(13)5-9(10)15/h3-6H,2H2,1H3,(H2,16,17,18,19). The molecule has 0 spiro atoms.